The van der Waals surface area contributed by atoms with Crippen molar-refractivity contribution in [2.24, 2.45) is 5.92 Å². The van der Waals surface area contributed by atoms with Gasteiger partial charge in [-0.2, -0.15) is 0 Å². The molecule has 2 nitrogen and oxygen atoms in total. The van der Waals surface area contributed by atoms with Crippen LogP contribution in [0, 0.1) is 12.0 Å². The Morgan fingerprint density at radius 1 is 1.27 bits per heavy atom. The van der Waals surface area contributed by atoms with E-state index in [1.165, 1.54) is 30.5 Å². The highest BCUT2D eigenvalue weighted by Crippen LogP contribution is 2.41. The van der Waals surface area contributed by atoms with Crippen LogP contribution in [-0.4, -0.2) is 44.8 Å². The van der Waals surface area contributed by atoms with E-state index in [4.69, 9.17) is 0 Å². The molecule has 0 amide bonds. The van der Waals surface area contributed by atoms with E-state index >= 15 is 0 Å². The summed E-state index contributed by atoms with van der Waals surface area (Å²) in [5, 5.41) is 0. The minimum absolute atomic E-state index is 0.223. The van der Waals surface area contributed by atoms with E-state index in [-0.39, 0.29) is 5.92 Å². The van der Waals surface area contributed by atoms with Crippen LogP contribution in [0.2, 0.25) is 0 Å². The largest absolute Gasteiger partial charge is 0.371 e. The molecule has 121 valence electrons. The molecule has 22 heavy (non-hydrogen) atoms. The Labute approximate surface area is 134 Å². The zero-order chi connectivity index (χ0) is 15.5. The Bertz CT molecular complexity index is 476. The van der Waals surface area contributed by atoms with Crippen LogP contribution < -0.4 is 4.90 Å². The lowest BCUT2D eigenvalue weighted by atomic mass is 9.79. The van der Waals surface area contributed by atoms with Gasteiger partial charge in [-0.25, -0.2) is 4.39 Å². The first-order valence-electron chi connectivity index (χ1n) is 8.69. The van der Waals surface area contributed by atoms with Gasteiger partial charge in [0.1, 0.15) is 6.17 Å². The molecule has 1 atom stereocenters. The van der Waals surface area contributed by atoms with E-state index in [2.05, 4.69) is 23.1 Å². The molecule has 0 unspecified atom stereocenters. The molecule has 3 heteroatoms. The van der Waals surface area contributed by atoms with Crippen molar-refractivity contribution in [3.63, 3.8) is 0 Å². The van der Waals surface area contributed by atoms with E-state index in [9.17, 15) is 4.39 Å². The van der Waals surface area contributed by atoms with Gasteiger partial charge in [0.2, 0.25) is 0 Å². The first-order valence-corrected chi connectivity index (χ1v) is 8.69. The molecule has 1 saturated carbocycles. The maximum atomic E-state index is 14.3. The topological polar surface area (TPSA) is 6.48 Å². The fourth-order valence-electron chi connectivity index (χ4n) is 3.77. The summed E-state index contributed by atoms with van der Waals surface area (Å²) in [4.78, 5) is 4.43. The minimum Gasteiger partial charge on any atom is -0.371 e. The quantitative estimate of drug-likeness (QED) is 0.815. The molecule has 2 fully saturated rings. The number of benzene rings is 1. The lowest BCUT2D eigenvalue weighted by molar-refractivity contribution is 0.155. The summed E-state index contributed by atoms with van der Waals surface area (Å²) in [6, 6.07) is 9.65. The van der Waals surface area contributed by atoms with Gasteiger partial charge in [0.25, 0.3) is 0 Å². The molecule has 0 spiro atoms. The highest BCUT2D eigenvalue weighted by molar-refractivity contribution is 5.55. The SMILES string of the molecule is CN(C)C[C@@H](F)C1CCN(c2cc[c]cc2C2CCC2)CC1. The van der Waals surface area contributed by atoms with Crippen molar-refractivity contribution in [1.82, 2.24) is 4.90 Å². The smallest absolute Gasteiger partial charge is 0.116 e. The molecular formula is C19H28FN2. The van der Waals surface area contributed by atoms with Gasteiger partial charge >= 0.3 is 0 Å². The zero-order valence-electron chi connectivity index (χ0n) is 13.9. The average molecular weight is 303 g/mol. The third-order valence-corrected chi connectivity index (χ3v) is 5.35. The molecule has 0 bridgehead atoms. The zero-order valence-corrected chi connectivity index (χ0v) is 13.9. The van der Waals surface area contributed by atoms with Crippen LogP contribution in [0.5, 0.6) is 0 Å². The Hall–Kier alpha value is -1.09. The molecule has 1 aliphatic carbocycles. The maximum absolute atomic E-state index is 14.3. The second-order valence-electron chi connectivity index (χ2n) is 7.22. The summed E-state index contributed by atoms with van der Waals surface area (Å²) in [5.74, 6) is 0.953. The van der Waals surface area contributed by atoms with E-state index in [0.29, 0.717) is 6.54 Å². The van der Waals surface area contributed by atoms with Crippen LogP contribution >= 0.6 is 0 Å². The summed E-state index contributed by atoms with van der Waals surface area (Å²) in [5.41, 5.74) is 2.85. The first-order chi connectivity index (χ1) is 10.6. The van der Waals surface area contributed by atoms with Crippen LogP contribution in [0.15, 0.2) is 18.2 Å². The summed E-state index contributed by atoms with van der Waals surface area (Å²) in [6.45, 7) is 2.53. The van der Waals surface area contributed by atoms with Crippen molar-refractivity contribution in [3.8, 4) is 0 Å². The standard InChI is InChI=1S/C19H28FN2/c1-21(2)14-18(20)16-10-12-22(13-11-16)19-9-4-3-8-17(19)15-6-5-7-15/h4,8-9,15-16,18H,5-7,10-14H2,1-2H3/t18-/m1/s1. The van der Waals surface area contributed by atoms with Gasteiger partial charge in [-0.3, -0.25) is 0 Å². The molecule has 1 heterocycles. The predicted molar refractivity (Wildman–Crippen MR) is 90.3 cm³/mol. The molecule has 0 aromatic heterocycles. The maximum Gasteiger partial charge on any atom is 0.116 e. The predicted octanol–water partition coefficient (Wildman–Crippen LogP) is 3.87. The van der Waals surface area contributed by atoms with Crippen LogP contribution in [0.25, 0.3) is 0 Å². The van der Waals surface area contributed by atoms with Crippen molar-refractivity contribution in [2.45, 2.75) is 44.2 Å². The Morgan fingerprint density at radius 3 is 2.59 bits per heavy atom. The number of nitrogens with zero attached hydrogens (tertiary/aromatic N) is 2. The molecular weight excluding hydrogens is 275 g/mol. The van der Waals surface area contributed by atoms with Crippen LogP contribution in [-0.2, 0) is 0 Å². The lowest BCUT2D eigenvalue weighted by Gasteiger charge is -2.38. The van der Waals surface area contributed by atoms with Crippen LogP contribution in [0.1, 0.15) is 43.6 Å². The number of rotatable bonds is 5. The van der Waals surface area contributed by atoms with Gasteiger partial charge in [0.05, 0.1) is 0 Å². The van der Waals surface area contributed by atoms with Gasteiger partial charge in [0.15, 0.2) is 0 Å². The van der Waals surface area contributed by atoms with Crippen molar-refractivity contribution < 1.29 is 4.39 Å². The lowest BCUT2D eigenvalue weighted by Crippen LogP contribution is -2.40. The Morgan fingerprint density at radius 2 is 2.00 bits per heavy atom. The Kier molecular flexibility index (Phi) is 5.02. The number of alkyl halides is 1. The summed E-state index contributed by atoms with van der Waals surface area (Å²) >= 11 is 0. The second-order valence-corrected chi connectivity index (χ2v) is 7.22. The first kappa shape index (κ1) is 15.8. The van der Waals surface area contributed by atoms with Crippen molar-refractivity contribution in [2.75, 3.05) is 38.6 Å². The van der Waals surface area contributed by atoms with Crippen LogP contribution in [0.3, 0.4) is 0 Å². The highest BCUT2D eigenvalue weighted by Gasteiger charge is 2.29. The number of anilines is 1. The van der Waals surface area contributed by atoms with Gasteiger partial charge < -0.3 is 9.80 Å². The third kappa shape index (κ3) is 3.45. The molecule has 1 radical (unpaired) electrons. The van der Waals surface area contributed by atoms with E-state index in [1.807, 2.05) is 25.1 Å². The van der Waals surface area contributed by atoms with Gasteiger partial charge in [0, 0.05) is 25.3 Å². The molecule has 1 saturated heterocycles. The van der Waals surface area contributed by atoms with Crippen molar-refractivity contribution in [3.05, 3.63) is 29.8 Å². The van der Waals surface area contributed by atoms with Crippen molar-refractivity contribution in [1.29, 1.82) is 0 Å². The fraction of sp³-hybridized carbons (Fsp3) is 0.684. The fourth-order valence-corrected chi connectivity index (χ4v) is 3.77. The van der Waals surface area contributed by atoms with Gasteiger partial charge in [-0.15, -0.1) is 0 Å². The van der Waals surface area contributed by atoms with Gasteiger partial charge in [-0.05, 0) is 75.4 Å². The van der Waals surface area contributed by atoms with E-state index in [1.54, 1.807) is 0 Å². The summed E-state index contributed by atoms with van der Waals surface area (Å²) < 4.78 is 14.3. The van der Waals surface area contributed by atoms with Crippen molar-refractivity contribution >= 4 is 5.69 Å². The number of piperidine rings is 1. The van der Waals surface area contributed by atoms with Crippen LogP contribution in [0.4, 0.5) is 10.1 Å². The molecule has 3 rings (SSSR count). The summed E-state index contributed by atoms with van der Waals surface area (Å²) in [7, 11) is 3.90. The third-order valence-electron chi connectivity index (χ3n) is 5.35. The van der Waals surface area contributed by atoms with E-state index in [0.717, 1.165) is 31.8 Å². The molecule has 1 aliphatic heterocycles. The normalized spacial score (nSPS) is 21.9. The molecule has 0 N–H and O–H groups in total. The molecule has 1 aromatic carbocycles. The number of halogens is 1. The monoisotopic (exact) mass is 303 g/mol. The summed E-state index contributed by atoms with van der Waals surface area (Å²) in [6.07, 6.45) is 5.24. The Balaban J connectivity index is 1.62. The molecule has 2 aliphatic rings. The number of hydrogen-bond donors (Lipinski definition) is 0. The number of hydrogen-bond acceptors (Lipinski definition) is 2. The second kappa shape index (κ2) is 6.99. The minimum atomic E-state index is -0.688. The molecule has 1 aromatic rings. The van der Waals surface area contributed by atoms with E-state index < -0.39 is 6.17 Å². The average Bonchev–Trinajstić information content (AvgIpc) is 2.46. The highest BCUT2D eigenvalue weighted by atomic mass is 19.1. The van der Waals surface area contributed by atoms with Gasteiger partial charge in [-0.1, -0.05) is 12.5 Å².